The highest BCUT2D eigenvalue weighted by molar-refractivity contribution is 5.97. The predicted molar refractivity (Wildman–Crippen MR) is 48.9 cm³/mol. The second-order valence-corrected chi connectivity index (χ2v) is 3.97. The zero-order valence-electron chi connectivity index (χ0n) is 7.51. The Balaban J connectivity index is 1.97. The van der Waals surface area contributed by atoms with Crippen LogP contribution in [0.3, 0.4) is 0 Å². The molecule has 0 radical (unpaired) electrons. The second-order valence-electron chi connectivity index (χ2n) is 3.97. The van der Waals surface area contributed by atoms with Crippen molar-refractivity contribution in [1.82, 2.24) is 0 Å². The van der Waals surface area contributed by atoms with Gasteiger partial charge in [-0.2, -0.15) is 0 Å². The van der Waals surface area contributed by atoms with Crippen LogP contribution in [0.2, 0.25) is 0 Å². The quantitative estimate of drug-likeness (QED) is 0.613. The number of hydrogen-bond donors (Lipinski definition) is 0. The van der Waals surface area contributed by atoms with Crippen LogP contribution in [0.15, 0.2) is 11.6 Å². The van der Waals surface area contributed by atoms with Gasteiger partial charge < -0.3 is 0 Å². The number of carbonyl (C=O) groups excluding carboxylic acids is 1. The number of rotatable bonds is 2. The van der Waals surface area contributed by atoms with E-state index < -0.39 is 0 Å². The summed E-state index contributed by atoms with van der Waals surface area (Å²) in [6.07, 6.45) is 10.4. The summed E-state index contributed by atoms with van der Waals surface area (Å²) in [5, 5.41) is 0. The summed E-state index contributed by atoms with van der Waals surface area (Å²) >= 11 is 0. The van der Waals surface area contributed by atoms with Gasteiger partial charge in [-0.25, -0.2) is 0 Å². The molecule has 1 fully saturated rings. The van der Waals surface area contributed by atoms with Crippen LogP contribution in [-0.4, -0.2) is 5.78 Å². The Morgan fingerprint density at radius 2 is 2.08 bits per heavy atom. The van der Waals surface area contributed by atoms with Crippen molar-refractivity contribution in [3.8, 4) is 0 Å². The number of hydrogen-bond acceptors (Lipinski definition) is 1. The van der Waals surface area contributed by atoms with Crippen molar-refractivity contribution in [2.75, 3.05) is 0 Å². The minimum absolute atomic E-state index is 0.411. The molecule has 0 aromatic heterocycles. The van der Waals surface area contributed by atoms with Gasteiger partial charge in [-0.3, -0.25) is 4.79 Å². The van der Waals surface area contributed by atoms with Crippen LogP contribution in [0.1, 0.15) is 44.9 Å². The third kappa shape index (κ3) is 1.45. The Bertz CT molecular complexity index is 211. The van der Waals surface area contributed by atoms with Gasteiger partial charge in [-0.1, -0.05) is 12.5 Å². The van der Waals surface area contributed by atoms with E-state index in [1.165, 1.54) is 19.3 Å². The first kappa shape index (κ1) is 8.03. The summed E-state index contributed by atoms with van der Waals surface area (Å²) in [4.78, 5) is 11.7. The van der Waals surface area contributed by atoms with Crippen molar-refractivity contribution in [3.05, 3.63) is 11.6 Å². The standard InChI is InChI=1S/C11H16O/c12-11(10-7-4-8-10)9-5-2-1-3-6-9/h5,10H,1-4,6-8H2. The molecule has 0 unspecified atom stereocenters. The number of ketones is 1. The molecule has 0 aromatic rings. The zero-order chi connectivity index (χ0) is 8.39. The van der Waals surface area contributed by atoms with Crippen LogP contribution in [0.5, 0.6) is 0 Å². The van der Waals surface area contributed by atoms with Crippen molar-refractivity contribution in [3.63, 3.8) is 0 Å². The lowest BCUT2D eigenvalue weighted by Gasteiger charge is -2.25. The highest BCUT2D eigenvalue weighted by Gasteiger charge is 2.27. The van der Waals surface area contributed by atoms with Crippen molar-refractivity contribution < 1.29 is 4.79 Å². The maximum absolute atomic E-state index is 11.7. The highest BCUT2D eigenvalue weighted by atomic mass is 16.1. The van der Waals surface area contributed by atoms with Crippen LogP contribution in [0, 0.1) is 5.92 Å². The average molecular weight is 164 g/mol. The van der Waals surface area contributed by atoms with Crippen LogP contribution < -0.4 is 0 Å². The van der Waals surface area contributed by atoms with Crippen LogP contribution in [-0.2, 0) is 4.79 Å². The number of carbonyl (C=O) groups is 1. The van der Waals surface area contributed by atoms with Gasteiger partial charge in [0.1, 0.15) is 0 Å². The summed E-state index contributed by atoms with van der Waals surface area (Å²) in [7, 11) is 0. The Morgan fingerprint density at radius 1 is 1.25 bits per heavy atom. The van der Waals surface area contributed by atoms with Crippen molar-refractivity contribution >= 4 is 5.78 Å². The Morgan fingerprint density at radius 3 is 2.58 bits per heavy atom. The molecule has 0 atom stereocenters. The Labute approximate surface area is 73.8 Å². The SMILES string of the molecule is O=C(C1=CCCCC1)C1CCC1. The fourth-order valence-corrected chi connectivity index (χ4v) is 1.99. The van der Waals surface area contributed by atoms with E-state index in [2.05, 4.69) is 6.08 Å². The minimum Gasteiger partial charge on any atom is -0.294 e. The molecule has 0 aliphatic heterocycles. The molecule has 1 saturated carbocycles. The first-order valence-corrected chi connectivity index (χ1v) is 5.11. The van der Waals surface area contributed by atoms with E-state index in [1.807, 2.05) is 0 Å². The van der Waals surface area contributed by atoms with E-state index in [0.29, 0.717) is 11.7 Å². The summed E-state index contributed by atoms with van der Waals surface area (Å²) in [5.41, 5.74) is 1.14. The summed E-state index contributed by atoms with van der Waals surface area (Å²) < 4.78 is 0. The van der Waals surface area contributed by atoms with Crippen LogP contribution >= 0.6 is 0 Å². The summed E-state index contributed by atoms with van der Waals surface area (Å²) in [6, 6.07) is 0. The van der Waals surface area contributed by atoms with Crippen LogP contribution in [0.4, 0.5) is 0 Å². The third-order valence-corrected chi connectivity index (χ3v) is 3.08. The molecule has 2 rings (SSSR count). The molecule has 0 heterocycles. The maximum atomic E-state index is 11.7. The van der Waals surface area contributed by atoms with Crippen molar-refractivity contribution in [2.24, 2.45) is 5.92 Å². The number of allylic oxidation sites excluding steroid dienone is 2. The largest absolute Gasteiger partial charge is 0.294 e. The van der Waals surface area contributed by atoms with Crippen molar-refractivity contribution in [1.29, 1.82) is 0 Å². The molecule has 1 nitrogen and oxygen atoms in total. The molecule has 0 aromatic carbocycles. The first-order chi connectivity index (χ1) is 5.88. The molecule has 0 amide bonds. The maximum Gasteiger partial charge on any atom is 0.161 e. The molecule has 12 heavy (non-hydrogen) atoms. The van der Waals surface area contributed by atoms with Gasteiger partial charge in [0.25, 0.3) is 0 Å². The average Bonchev–Trinajstić information content (AvgIpc) is 2.03. The molecule has 0 spiro atoms. The number of Topliss-reactive ketones (excluding diaryl/α,β-unsaturated/α-hetero) is 1. The Hall–Kier alpha value is -0.590. The lowest BCUT2D eigenvalue weighted by molar-refractivity contribution is -0.121. The smallest absolute Gasteiger partial charge is 0.161 e. The van der Waals surface area contributed by atoms with E-state index in [4.69, 9.17) is 0 Å². The molecule has 2 aliphatic carbocycles. The third-order valence-electron chi connectivity index (χ3n) is 3.08. The van der Waals surface area contributed by atoms with Crippen molar-refractivity contribution in [2.45, 2.75) is 44.9 Å². The normalized spacial score (nSPS) is 24.5. The summed E-state index contributed by atoms with van der Waals surface area (Å²) in [6.45, 7) is 0. The molecular formula is C11H16O. The van der Waals surface area contributed by atoms with E-state index in [1.54, 1.807) is 0 Å². The molecule has 1 heteroatoms. The Kier molecular flexibility index (Phi) is 2.29. The zero-order valence-corrected chi connectivity index (χ0v) is 7.51. The molecule has 0 bridgehead atoms. The minimum atomic E-state index is 0.411. The van der Waals surface area contributed by atoms with Gasteiger partial charge in [0.15, 0.2) is 5.78 Å². The van der Waals surface area contributed by atoms with Crippen LogP contribution in [0.25, 0.3) is 0 Å². The molecule has 0 N–H and O–H groups in total. The monoisotopic (exact) mass is 164 g/mol. The van der Waals surface area contributed by atoms with E-state index >= 15 is 0 Å². The molecule has 66 valence electrons. The lowest BCUT2D eigenvalue weighted by Crippen LogP contribution is -2.24. The molecule has 2 aliphatic rings. The predicted octanol–water partition coefficient (Wildman–Crippen LogP) is 2.86. The van der Waals surface area contributed by atoms with Gasteiger partial charge in [-0.05, 0) is 44.1 Å². The first-order valence-electron chi connectivity index (χ1n) is 5.11. The van der Waals surface area contributed by atoms with E-state index in [9.17, 15) is 4.79 Å². The molecular weight excluding hydrogens is 148 g/mol. The second kappa shape index (κ2) is 3.42. The van der Waals surface area contributed by atoms with Gasteiger partial charge in [-0.15, -0.1) is 0 Å². The summed E-state index contributed by atoms with van der Waals surface area (Å²) in [5.74, 6) is 0.885. The lowest BCUT2D eigenvalue weighted by atomic mass is 9.78. The topological polar surface area (TPSA) is 17.1 Å². The van der Waals surface area contributed by atoms with Gasteiger partial charge in [0.05, 0.1) is 0 Å². The van der Waals surface area contributed by atoms with E-state index in [0.717, 1.165) is 31.3 Å². The fourth-order valence-electron chi connectivity index (χ4n) is 1.99. The molecule has 0 saturated heterocycles. The van der Waals surface area contributed by atoms with Gasteiger partial charge in [0, 0.05) is 5.92 Å². The fraction of sp³-hybridized carbons (Fsp3) is 0.727. The van der Waals surface area contributed by atoms with Gasteiger partial charge >= 0.3 is 0 Å². The van der Waals surface area contributed by atoms with E-state index in [-0.39, 0.29) is 0 Å². The van der Waals surface area contributed by atoms with Gasteiger partial charge in [0.2, 0.25) is 0 Å². The highest BCUT2D eigenvalue weighted by Crippen LogP contribution is 2.32.